The van der Waals surface area contributed by atoms with Crippen molar-refractivity contribution in [2.24, 2.45) is 0 Å². The number of para-hydroxylation sites is 1. The summed E-state index contributed by atoms with van der Waals surface area (Å²) in [6.45, 7) is 0.365. The van der Waals surface area contributed by atoms with Crippen LogP contribution in [-0.4, -0.2) is 31.1 Å². The lowest BCUT2D eigenvalue weighted by atomic mass is 10.3. The number of nitrogens with one attached hydrogen (secondary N) is 1. The second-order valence-corrected chi connectivity index (χ2v) is 6.07. The van der Waals surface area contributed by atoms with Crippen LogP contribution < -0.4 is 5.32 Å². The highest BCUT2D eigenvalue weighted by Crippen LogP contribution is 2.30. The summed E-state index contributed by atoms with van der Waals surface area (Å²) in [4.78, 5) is 16.4. The number of hydrogen-bond acceptors (Lipinski definition) is 7. The molecule has 3 aromatic heterocycles. The Labute approximate surface area is 140 Å². The van der Waals surface area contributed by atoms with Gasteiger partial charge in [0.1, 0.15) is 18.6 Å². The van der Waals surface area contributed by atoms with E-state index in [1.165, 1.54) is 11.0 Å². The van der Waals surface area contributed by atoms with Crippen molar-refractivity contribution in [1.82, 2.24) is 30.5 Å². The third-order valence-corrected chi connectivity index (χ3v) is 4.37. The van der Waals surface area contributed by atoms with Crippen LogP contribution in [-0.2, 0) is 17.9 Å². The molecule has 0 spiro atoms. The van der Waals surface area contributed by atoms with Crippen molar-refractivity contribution in [3.63, 3.8) is 0 Å². The van der Waals surface area contributed by atoms with Gasteiger partial charge in [-0.25, -0.2) is 9.67 Å². The molecule has 3 heterocycles. The Balaban J connectivity index is 1.42. The van der Waals surface area contributed by atoms with Crippen molar-refractivity contribution < 1.29 is 9.21 Å². The van der Waals surface area contributed by atoms with E-state index in [1.54, 1.807) is 11.3 Å². The number of tetrazole rings is 1. The van der Waals surface area contributed by atoms with E-state index in [-0.39, 0.29) is 12.5 Å². The number of thiazole rings is 1. The largest absolute Gasteiger partial charge is 0.457 e. The average Bonchev–Trinajstić information content (AvgIpc) is 3.32. The maximum Gasteiger partial charge on any atom is 0.242 e. The van der Waals surface area contributed by atoms with Crippen molar-refractivity contribution in [2.45, 2.75) is 13.1 Å². The van der Waals surface area contributed by atoms with Gasteiger partial charge in [0.05, 0.1) is 16.8 Å². The fourth-order valence-corrected chi connectivity index (χ4v) is 3.13. The lowest BCUT2D eigenvalue weighted by Gasteiger charge is -2.02. The number of nitrogens with zero attached hydrogens (tertiary/aromatic N) is 5. The molecule has 0 radical (unpaired) electrons. The highest BCUT2D eigenvalue weighted by molar-refractivity contribution is 7.21. The van der Waals surface area contributed by atoms with Gasteiger partial charge >= 0.3 is 0 Å². The average molecular weight is 340 g/mol. The van der Waals surface area contributed by atoms with E-state index in [2.05, 4.69) is 25.8 Å². The highest BCUT2D eigenvalue weighted by atomic mass is 32.1. The Bertz CT molecular complexity index is 942. The number of aromatic nitrogens is 5. The number of benzene rings is 1. The quantitative estimate of drug-likeness (QED) is 0.595. The van der Waals surface area contributed by atoms with E-state index >= 15 is 0 Å². The zero-order valence-electron chi connectivity index (χ0n) is 12.4. The van der Waals surface area contributed by atoms with Gasteiger partial charge in [-0.3, -0.25) is 4.79 Å². The van der Waals surface area contributed by atoms with Gasteiger partial charge in [-0.1, -0.05) is 12.1 Å². The Morgan fingerprint density at radius 3 is 3.00 bits per heavy atom. The molecular formula is C15H12N6O2S. The van der Waals surface area contributed by atoms with Gasteiger partial charge in [0, 0.05) is 0 Å². The number of rotatable bonds is 5. The van der Waals surface area contributed by atoms with E-state index in [1.807, 2.05) is 36.4 Å². The van der Waals surface area contributed by atoms with Crippen molar-refractivity contribution in [1.29, 1.82) is 0 Å². The summed E-state index contributed by atoms with van der Waals surface area (Å²) in [6, 6.07) is 11.6. The van der Waals surface area contributed by atoms with Crippen LogP contribution in [0.25, 0.3) is 21.0 Å². The first kappa shape index (κ1) is 14.5. The molecule has 0 unspecified atom stereocenters. The number of furan rings is 1. The summed E-state index contributed by atoms with van der Waals surface area (Å²) < 4.78 is 8.23. The van der Waals surface area contributed by atoms with Gasteiger partial charge in [0.25, 0.3) is 0 Å². The van der Waals surface area contributed by atoms with Crippen LogP contribution in [0, 0.1) is 0 Å². The Hall–Kier alpha value is -3.07. The van der Waals surface area contributed by atoms with Gasteiger partial charge in [-0.05, 0) is 34.7 Å². The number of amides is 1. The Morgan fingerprint density at radius 2 is 2.17 bits per heavy atom. The first-order valence-corrected chi connectivity index (χ1v) is 8.02. The predicted molar refractivity (Wildman–Crippen MR) is 87.0 cm³/mol. The van der Waals surface area contributed by atoms with E-state index in [0.717, 1.165) is 15.2 Å². The smallest absolute Gasteiger partial charge is 0.242 e. The summed E-state index contributed by atoms with van der Waals surface area (Å²) in [5.41, 5.74) is 0.949. The SMILES string of the molecule is O=C(Cn1cnnn1)NCc1ccc(-c2nc3ccccc3s2)o1. The number of fused-ring (bicyclic) bond motifs is 1. The van der Waals surface area contributed by atoms with Crippen molar-refractivity contribution in [3.8, 4) is 10.8 Å². The molecule has 0 bridgehead atoms. The summed E-state index contributed by atoms with van der Waals surface area (Å²) >= 11 is 1.57. The van der Waals surface area contributed by atoms with Gasteiger partial charge in [-0.2, -0.15) is 0 Å². The second-order valence-electron chi connectivity index (χ2n) is 5.04. The topological polar surface area (TPSA) is 98.7 Å². The van der Waals surface area contributed by atoms with Crippen LogP contribution in [0.15, 0.2) is 47.1 Å². The minimum absolute atomic E-state index is 0.0679. The first-order chi connectivity index (χ1) is 11.8. The zero-order chi connectivity index (χ0) is 16.4. The standard InChI is InChI=1S/C15H12N6O2S/c22-14(8-21-9-17-19-20-21)16-7-10-5-6-12(23-10)15-18-11-3-1-2-4-13(11)24-15/h1-6,9H,7-8H2,(H,16,22). The van der Waals surface area contributed by atoms with Crippen LogP contribution >= 0.6 is 11.3 Å². The second kappa shape index (κ2) is 6.20. The maximum absolute atomic E-state index is 11.8. The highest BCUT2D eigenvalue weighted by Gasteiger charge is 2.11. The van der Waals surface area contributed by atoms with Crippen LogP contribution in [0.2, 0.25) is 0 Å². The number of hydrogen-bond donors (Lipinski definition) is 1. The summed E-state index contributed by atoms with van der Waals surface area (Å²) in [6.07, 6.45) is 1.39. The minimum Gasteiger partial charge on any atom is -0.457 e. The third kappa shape index (κ3) is 3.01. The number of carbonyl (C=O) groups excluding carboxylic acids is 1. The lowest BCUT2D eigenvalue weighted by Crippen LogP contribution is -2.27. The minimum atomic E-state index is -0.194. The van der Waals surface area contributed by atoms with Crippen LogP contribution in [0.1, 0.15) is 5.76 Å². The van der Waals surface area contributed by atoms with Gasteiger partial charge in [0.2, 0.25) is 5.91 Å². The molecule has 0 aliphatic carbocycles. The normalized spacial score (nSPS) is 11.0. The van der Waals surface area contributed by atoms with E-state index in [0.29, 0.717) is 18.1 Å². The molecule has 0 aliphatic heterocycles. The van der Waals surface area contributed by atoms with Crippen molar-refractivity contribution in [3.05, 3.63) is 48.5 Å². The fourth-order valence-electron chi connectivity index (χ4n) is 2.21. The Kier molecular flexibility index (Phi) is 3.75. The molecule has 0 fully saturated rings. The summed E-state index contributed by atoms with van der Waals surface area (Å²) in [7, 11) is 0. The first-order valence-electron chi connectivity index (χ1n) is 7.20. The van der Waals surface area contributed by atoms with E-state index in [9.17, 15) is 4.79 Å². The molecule has 1 amide bonds. The number of carbonyl (C=O) groups is 1. The third-order valence-electron chi connectivity index (χ3n) is 3.32. The van der Waals surface area contributed by atoms with Crippen LogP contribution in [0.5, 0.6) is 0 Å². The lowest BCUT2D eigenvalue weighted by molar-refractivity contribution is -0.122. The molecule has 8 nitrogen and oxygen atoms in total. The zero-order valence-corrected chi connectivity index (χ0v) is 13.2. The maximum atomic E-state index is 11.8. The molecule has 0 saturated carbocycles. The van der Waals surface area contributed by atoms with Crippen LogP contribution in [0.4, 0.5) is 0 Å². The molecule has 120 valence electrons. The molecular weight excluding hydrogens is 328 g/mol. The molecule has 1 aromatic carbocycles. The molecule has 0 aliphatic rings. The summed E-state index contributed by atoms with van der Waals surface area (Å²) in [5, 5.41) is 14.2. The summed E-state index contributed by atoms with van der Waals surface area (Å²) in [5.74, 6) is 1.16. The van der Waals surface area contributed by atoms with Gasteiger partial charge in [-0.15, -0.1) is 16.4 Å². The fraction of sp³-hybridized carbons (Fsp3) is 0.133. The molecule has 0 atom stereocenters. The molecule has 1 N–H and O–H groups in total. The van der Waals surface area contributed by atoms with Gasteiger partial charge < -0.3 is 9.73 Å². The monoisotopic (exact) mass is 340 g/mol. The van der Waals surface area contributed by atoms with Crippen molar-refractivity contribution >= 4 is 27.5 Å². The molecule has 0 saturated heterocycles. The molecule has 4 aromatic rings. The Morgan fingerprint density at radius 1 is 1.25 bits per heavy atom. The van der Waals surface area contributed by atoms with Crippen molar-refractivity contribution in [2.75, 3.05) is 0 Å². The molecule has 4 rings (SSSR count). The van der Waals surface area contributed by atoms with Gasteiger partial charge in [0.15, 0.2) is 10.8 Å². The predicted octanol–water partition coefficient (Wildman–Crippen LogP) is 1.86. The van der Waals surface area contributed by atoms with E-state index in [4.69, 9.17) is 4.42 Å². The van der Waals surface area contributed by atoms with E-state index < -0.39 is 0 Å². The molecule has 24 heavy (non-hydrogen) atoms. The molecule has 9 heteroatoms. The van der Waals surface area contributed by atoms with Crippen LogP contribution in [0.3, 0.4) is 0 Å².